The second-order valence-electron chi connectivity index (χ2n) is 5.89. The first-order valence-electron chi connectivity index (χ1n) is 8.06. The summed E-state index contributed by atoms with van der Waals surface area (Å²) in [7, 11) is 0. The number of hydrogen-bond donors (Lipinski definition) is 2. The molecule has 0 amide bonds. The van der Waals surface area contributed by atoms with Gasteiger partial charge in [0.25, 0.3) is 0 Å². The predicted molar refractivity (Wildman–Crippen MR) is 90.3 cm³/mol. The molecule has 1 atom stereocenters. The lowest BCUT2D eigenvalue weighted by molar-refractivity contribution is 0.491. The molecule has 1 aromatic heterocycles. The molecule has 0 aliphatic carbocycles. The van der Waals surface area contributed by atoms with Crippen LogP contribution in [0.2, 0.25) is 0 Å². The highest BCUT2D eigenvalue weighted by atomic mass is 15.2. The van der Waals surface area contributed by atoms with Gasteiger partial charge in [-0.2, -0.15) is 0 Å². The fourth-order valence-corrected chi connectivity index (χ4v) is 2.11. The normalized spacial score (nSPS) is 13.3. The molecular weight excluding hydrogens is 260 g/mol. The molecule has 0 radical (unpaired) electrons. The van der Waals surface area contributed by atoms with Crippen LogP contribution in [0.25, 0.3) is 0 Å². The van der Waals surface area contributed by atoms with Crippen LogP contribution in [0, 0.1) is 5.92 Å². The summed E-state index contributed by atoms with van der Waals surface area (Å²) >= 11 is 0. The maximum Gasteiger partial charge on any atom is 0.191 e. The van der Waals surface area contributed by atoms with Crippen molar-refractivity contribution < 1.29 is 0 Å². The monoisotopic (exact) mass is 290 g/mol. The van der Waals surface area contributed by atoms with E-state index in [1.165, 1.54) is 19.3 Å². The van der Waals surface area contributed by atoms with Crippen molar-refractivity contribution >= 4 is 5.96 Å². The third-order valence-electron chi connectivity index (χ3n) is 3.27. The van der Waals surface area contributed by atoms with E-state index in [4.69, 9.17) is 0 Å². The SMILES string of the molecule is CCNC(=NCc1ccccn1)NC(C)CCCC(C)C. The zero-order chi connectivity index (χ0) is 15.5. The zero-order valence-corrected chi connectivity index (χ0v) is 13.9. The van der Waals surface area contributed by atoms with E-state index in [0.29, 0.717) is 12.6 Å². The van der Waals surface area contributed by atoms with Crippen LogP contribution in [0.3, 0.4) is 0 Å². The van der Waals surface area contributed by atoms with Crippen molar-refractivity contribution in [1.82, 2.24) is 15.6 Å². The lowest BCUT2D eigenvalue weighted by atomic mass is 10.0. The quantitative estimate of drug-likeness (QED) is 0.570. The minimum atomic E-state index is 0.435. The predicted octanol–water partition coefficient (Wildman–Crippen LogP) is 3.35. The van der Waals surface area contributed by atoms with E-state index in [2.05, 4.69) is 48.3 Å². The zero-order valence-electron chi connectivity index (χ0n) is 13.9. The Morgan fingerprint density at radius 3 is 2.67 bits per heavy atom. The number of rotatable bonds is 8. The molecule has 0 saturated heterocycles. The molecule has 1 unspecified atom stereocenters. The third kappa shape index (κ3) is 8.33. The van der Waals surface area contributed by atoms with Gasteiger partial charge in [0.15, 0.2) is 5.96 Å². The van der Waals surface area contributed by atoms with Gasteiger partial charge in [0.2, 0.25) is 0 Å². The third-order valence-corrected chi connectivity index (χ3v) is 3.27. The number of pyridine rings is 1. The molecule has 1 heterocycles. The molecule has 4 heteroatoms. The Bertz CT molecular complexity index is 401. The number of nitrogens with zero attached hydrogens (tertiary/aromatic N) is 2. The van der Waals surface area contributed by atoms with Crippen LogP contribution in [-0.4, -0.2) is 23.5 Å². The van der Waals surface area contributed by atoms with Gasteiger partial charge in [-0.1, -0.05) is 32.8 Å². The minimum Gasteiger partial charge on any atom is -0.357 e. The van der Waals surface area contributed by atoms with E-state index in [0.717, 1.165) is 24.1 Å². The van der Waals surface area contributed by atoms with Crippen LogP contribution >= 0.6 is 0 Å². The largest absolute Gasteiger partial charge is 0.357 e. The summed E-state index contributed by atoms with van der Waals surface area (Å²) in [5, 5.41) is 6.77. The topological polar surface area (TPSA) is 49.3 Å². The Balaban J connectivity index is 2.44. The van der Waals surface area contributed by atoms with E-state index in [9.17, 15) is 0 Å². The highest BCUT2D eigenvalue weighted by Gasteiger charge is 2.05. The molecule has 2 N–H and O–H groups in total. The Hall–Kier alpha value is -1.58. The molecule has 1 aromatic rings. The highest BCUT2D eigenvalue weighted by Crippen LogP contribution is 2.08. The van der Waals surface area contributed by atoms with Gasteiger partial charge in [0.1, 0.15) is 0 Å². The Kier molecular flexibility index (Phi) is 8.48. The average molecular weight is 290 g/mol. The number of aliphatic imine (C=N–C) groups is 1. The van der Waals surface area contributed by atoms with Crippen LogP contribution in [0.5, 0.6) is 0 Å². The molecule has 0 bridgehead atoms. The number of guanidine groups is 1. The van der Waals surface area contributed by atoms with Crippen molar-refractivity contribution in [2.45, 2.75) is 59.5 Å². The molecular formula is C17H30N4. The summed E-state index contributed by atoms with van der Waals surface area (Å²) in [5.41, 5.74) is 0.988. The number of hydrogen-bond acceptors (Lipinski definition) is 2. The highest BCUT2D eigenvalue weighted by molar-refractivity contribution is 5.79. The van der Waals surface area contributed by atoms with E-state index in [-0.39, 0.29) is 0 Å². The van der Waals surface area contributed by atoms with Crippen molar-refractivity contribution in [3.63, 3.8) is 0 Å². The lowest BCUT2D eigenvalue weighted by Gasteiger charge is -2.18. The molecule has 21 heavy (non-hydrogen) atoms. The van der Waals surface area contributed by atoms with E-state index < -0.39 is 0 Å². The van der Waals surface area contributed by atoms with Crippen molar-refractivity contribution in [2.75, 3.05) is 6.54 Å². The molecule has 0 aliphatic heterocycles. The molecule has 0 aliphatic rings. The van der Waals surface area contributed by atoms with Crippen molar-refractivity contribution in [2.24, 2.45) is 10.9 Å². The molecule has 0 spiro atoms. The molecule has 0 saturated carbocycles. The van der Waals surface area contributed by atoms with Gasteiger partial charge in [0.05, 0.1) is 12.2 Å². The number of aromatic nitrogens is 1. The van der Waals surface area contributed by atoms with Crippen LogP contribution < -0.4 is 10.6 Å². The standard InChI is InChI=1S/C17H30N4/c1-5-18-17(20-13-16-11-6-7-12-19-16)21-15(4)10-8-9-14(2)3/h6-7,11-12,14-15H,5,8-10,13H2,1-4H3,(H2,18,20,21). The maximum absolute atomic E-state index is 4.60. The first-order valence-corrected chi connectivity index (χ1v) is 8.06. The fourth-order valence-electron chi connectivity index (χ4n) is 2.11. The Morgan fingerprint density at radius 1 is 1.24 bits per heavy atom. The molecule has 0 aromatic carbocycles. The van der Waals surface area contributed by atoms with Gasteiger partial charge >= 0.3 is 0 Å². The smallest absolute Gasteiger partial charge is 0.191 e. The fraction of sp³-hybridized carbons (Fsp3) is 0.647. The van der Waals surface area contributed by atoms with Crippen molar-refractivity contribution in [3.05, 3.63) is 30.1 Å². The van der Waals surface area contributed by atoms with E-state index >= 15 is 0 Å². The summed E-state index contributed by atoms with van der Waals surface area (Å²) in [4.78, 5) is 8.90. The van der Waals surface area contributed by atoms with Gasteiger partial charge < -0.3 is 10.6 Å². The molecule has 0 fully saturated rings. The Morgan fingerprint density at radius 2 is 2.05 bits per heavy atom. The van der Waals surface area contributed by atoms with Gasteiger partial charge in [-0.15, -0.1) is 0 Å². The van der Waals surface area contributed by atoms with Gasteiger partial charge in [-0.3, -0.25) is 4.98 Å². The van der Waals surface area contributed by atoms with Crippen molar-refractivity contribution in [3.8, 4) is 0 Å². The van der Waals surface area contributed by atoms with Crippen LogP contribution in [0.4, 0.5) is 0 Å². The Labute approximate surface area is 129 Å². The summed E-state index contributed by atoms with van der Waals surface area (Å²) in [6, 6.07) is 6.35. The van der Waals surface area contributed by atoms with Crippen LogP contribution in [0.1, 0.15) is 52.7 Å². The van der Waals surface area contributed by atoms with E-state index in [1.54, 1.807) is 6.20 Å². The lowest BCUT2D eigenvalue weighted by Crippen LogP contribution is -2.42. The van der Waals surface area contributed by atoms with Gasteiger partial charge in [-0.05, 0) is 38.3 Å². The molecule has 4 nitrogen and oxygen atoms in total. The van der Waals surface area contributed by atoms with Crippen molar-refractivity contribution in [1.29, 1.82) is 0 Å². The average Bonchev–Trinajstić information content (AvgIpc) is 2.45. The second kappa shape index (κ2) is 10.2. The minimum absolute atomic E-state index is 0.435. The number of nitrogens with one attached hydrogen (secondary N) is 2. The van der Waals surface area contributed by atoms with Crippen LogP contribution in [-0.2, 0) is 6.54 Å². The summed E-state index contributed by atoms with van der Waals surface area (Å²) in [5.74, 6) is 1.66. The first-order chi connectivity index (χ1) is 10.1. The first kappa shape index (κ1) is 17.5. The molecule has 118 valence electrons. The maximum atomic E-state index is 4.60. The van der Waals surface area contributed by atoms with Crippen LogP contribution in [0.15, 0.2) is 29.4 Å². The summed E-state index contributed by atoms with van der Waals surface area (Å²) < 4.78 is 0. The summed E-state index contributed by atoms with van der Waals surface area (Å²) in [6.45, 7) is 10.3. The molecule has 1 rings (SSSR count). The summed E-state index contributed by atoms with van der Waals surface area (Å²) in [6.07, 6.45) is 5.52. The second-order valence-corrected chi connectivity index (χ2v) is 5.89. The van der Waals surface area contributed by atoms with E-state index in [1.807, 2.05) is 18.2 Å². The van der Waals surface area contributed by atoms with Gasteiger partial charge in [-0.25, -0.2) is 4.99 Å². The van der Waals surface area contributed by atoms with Gasteiger partial charge in [0, 0.05) is 18.8 Å².